The summed E-state index contributed by atoms with van der Waals surface area (Å²) in [6, 6.07) is -0.177. The maximum absolute atomic E-state index is 5.98. The molecule has 2 rings (SSSR count). The number of nitrogens with zero attached hydrogens (tertiary/aromatic N) is 4. The van der Waals surface area contributed by atoms with Crippen LogP contribution in [0.15, 0.2) is 4.52 Å². The van der Waals surface area contributed by atoms with Gasteiger partial charge in [0.2, 0.25) is 5.89 Å². The van der Waals surface area contributed by atoms with Gasteiger partial charge in [0, 0.05) is 26.2 Å². The largest absolute Gasteiger partial charge is 0.336 e. The minimum Gasteiger partial charge on any atom is -0.336 e. The van der Waals surface area contributed by atoms with Crippen LogP contribution in [0.1, 0.15) is 25.8 Å². The van der Waals surface area contributed by atoms with Crippen LogP contribution in [0, 0.1) is 5.92 Å². The molecule has 2 heterocycles. The Labute approximate surface area is 102 Å². The van der Waals surface area contributed by atoms with Gasteiger partial charge in [-0.25, -0.2) is 0 Å². The number of nitrogens with two attached hydrogens (primary N) is 1. The van der Waals surface area contributed by atoms with Gasteiger partial charge in [-0.15, -0.1) is 0 Å². The highest BCUT2D eigenvalue weighted by Gasteiger charge is 2.22. The van der Waals surface area contributed by atoms with Crippen molar-refractivity contribution in [2.24, 2.45) is 11.7 Å². The van der Waals surface area contributed by atoms with E-state index in [9.17, 15) is 0 Å². The standard InChI is InChI=1S/C11H21N5O/c1-8(2)9(12)10-13-11(14-17-10)16-6-4-15(3)5-7-16/h8-9H,4-7,12H2,1-3H3/t9-/m1/s1. The van der Waals surface area contributed by atoms with Crippen molar-refractivity contribution in [3.63, 3.8) is 0 Å². The van der Waals surface area contributed by atoms with Gasteiger partial charge < -0.3 is 20.1 Å². The van der Waals surface area contributed by atoms with Crippen LogP contribution in [0.3, 0.4) is 0 Å². The van der Waals surface area contributed by atoms with Crippen LogP contribution in [0.4, 0.5) is 5.95 Å². The van der Waals surface area contributed by atoms with Crippen molar-refractivity contribution in [3.8, 4) is 0 Å². The van der Waals surface area contributed by atoms with E-state index in [1.165, 1.54) is 0 Å². The molecule has 0 bridgehead atoms. The zero-order chi connectivity index (χ0) is 12.4. The summed E-state index contributed by atoms with van der Waals surface area (Å²) >= 11 is 0. The van der Waals surface area contributed by atoms with Gasteiger partial charge >= 0.3 is 0 Å². The molecule has 1 aromatic rings. The third-order valence-corrected chi connectivity index (χ3v) is 3.22. The van der Waals surface area contributed by atoms with Gasteiger partial charge in [0.05, 0.1) is 6.04 Å². The van der Waals surface area contributed by atoms with E-state index in [1.54, 1.807) is 0 Å². The Morgan fingerprint density at radius 3 is 2.47 bits per heavy atom. The van der Waals surface area contributed by atoms with E-state index in [4.69, 9.17) is 10.3 Å². The Kier molecular flexibility index (Phi) is 3.63. The van der Waals surface area contributed by atoms with Crippen molar-refractivity contribution in [2.75, 3.05) is 38.1 Å². The highest BCUT2D eigenvalue weighted by atomic mass is 16.5. The summed E-state index contributed by atoms with van der Waals surface area (Å²) in [7, 11) is 2.12. The van der Waals surface area contributed by atoms with Gasteiger partial charge in [0.25, 0.3) is 5.95 Å². The van der Waals surface area contributed by atoms with Gasteiger partial charge in [-0.2, -0.15) is 4.98 Å². The highest BCUT2D eigenvalue weighted by Crippen LogP contribution is 2.20. The van der Waals surface area contributed by atoms with E-state index in [2.05, 4.69) is 27.0 Å². The summed E-state index contributed by atoms with van der Waals surface area (Å²) in [4.78, 5) is 8.81. The maximum Gasteiger partial charge on any atom is 0.266 e. The van der Waals surface area contributed by atoms with E-state index >= 15 is 0 Å². The van der Waals surface area contributed by atoms with Gasteiger partial charge in [-0.1, -0.05) is 13.8 Å². The SMILES string of the molecule is CC(C)[C@@H](N)c1nc(N2CCN(C)CC2)no1. The van der Waals surface area contributed by atoms with Crippen molar-refractivity contribution >= 4 is 5.95 Å². The third-order valence-electron chi connectivity index (χ3n) is 3.22. The van der Waals surface area contributed by atoms with Crippen LogP contribution in [0.25, 0.3) is 0 Å². The summed E-state index contributed by atoms with van der Waals surface area (Å²) in [6.45, 7) is 8.02. The first-order valence-electron chi connectivity index (χ1n) is 6.10. The third kappa shape index (κ3) is 2.76. The lowest BCUT2D eigenvalue weighted by Gasteiger charge is -2.31. The Balaban J connectivity index is 2.03. The van der Waals surface area contributed by atoms with Crippen LogP contribution in [0.2, 0.25) is 0 Å². The van der Waals surface area contributed by atoms with Gasteiger partial charge in [-0.05, 0) is 18.1 Å². The zero-order valence-electron chi connectivity index (χ0n) is 10.8. The fourth-order valence-electron chi connectivity index (χ4n) is 1.78. The average Bonchev–Trinajstić information content (AvgIpc) is 2.78. The molecule has 1 aliphatic heterocycles. The molecule has 0 aliphatic carbocycles. The number of piperazine rings is 1. The average molecular weight is 239 g/mol. The van der Waals surface area contributed by atoms with E-state index < -0.39 is 0 Å². The van der Waals surface area contributed by atoms with Crippen molar-refractivity contribution < 1.29 is 4.52 Å². The summed E-state index contributed by atoms with van der Waals surface area (Å²) in [6.07, 6.45) is 0. The molecule has 1 aliphatic rings. The smallest absolute Gasteiger partial charge is 0.266 e. The second kappa shape index (κ2) is 5.01. The lowest BCUT2D eigenvalue weighted by Crippen LogP contribution is -2.44. The number of aromatic nitrogens is 2. The van der Waals surface area contributed by atoms with E-state index in [0.717, 1.165) is 26.2 Å². The minimum absolute atomic E-state index is 0.177. The summed E-state index contributed by atoms with van der Waals surface area (Å²) in [5.74, 6) is 1.51. The highest BCUT2D eigenvalue weighted by molar-refractivity contribution is 5.28. The first kappa shape index (κ1) is 12.3. The zero-order valence-corrected chi connectivity index (χ0v) is 10.8. The fraction of sp³-hybridized carbons (Fsp3) is 0.818. The molecule has 0 unspecified atom stereocenters. The molecule has 2 N–H and O–H groups in total. The lowest BCUT2D eigenvalue weighted by molar-refractivity contribution is 0.305. The molecule has 0 spiro atoms. The molecule has 0 saturated carbocycles. The summed E-state index contributed by atoms with van der Waals surface area (Å²) in [5.41, 5.74) is 5.98. The van der Waals surface area contributed by atoms with Crippen molar-refractivity contribution in [3.05, 3.63) is 5.89 Å². The molecule has 0 amide bonds. The number of rotatable bonds is 3. The topological polar surface area (TPSA) is 71.4 Å². The number of hydrogen-bond acceptors (Lipinski definition) is 6. The molecular formula is C11H21N5O. The van der Waals surface area contributed by atoms with Crippen LogP contribution in [-0.4, -0.2) is 48.3 Å². The van der Waals surface area contributed by atoms with Gasteiger partial charge in [0.1, 0.15) is 0 Å². The quantitative estimate of drug-likeness (QED) is 0.827. The van der Waals surface area contributed by atoms with E-state index in [0.29, 0.717) is 17.8 Å². The Hall–Kier alpha value is -1.14. The lowest BCUT2D eigenvalue weighted by atomic mass is 10.1. The predicted molar refractivity (Wildman–Crippen MR) is 65.8 cm³/mol. The summed E-state index contributed by atoms with van der Waals surface area (Å²) < 4.78 is 5.23. The summed E-state index contributed by atoms with van der Waals surface area (Å²) in [5, 5.41) is 4.01. The van der Waals surface area contributed by atoms with Crippen molar-refractivity contribution in [1.82, 2.24) is 15.0 Å². The van der Waals surface area contributed by atoms with Gasteiger partial charge in [-0.3, -0.25) is 0 Å². The Bertz CT molecular complexity index is 356. The molecule has 17 heavy (non-hydrogen) atoms. The molecule has 6 nitrogen and oxygen atoms in total. The maximum atomic E-state index is 5.98. The molecule has 1 fully saturated rings. The fourth-order valence-corrected chi connectivity index (χ4v) is 1.78. The van der Waals surface area contributed by atoms with Crippen molar-refractivity contribution in [1.29, 1.82) is 0 Å². The Morgan fingerprint density at radius 1 is 1.24 bits per heavy atom. The van der Waals surface area contributed by atoms with Crippen LogP contribution in [0.5, 0.6) is 0 Å². The van der Waals surface area contributed by atoms with Crippen LogP contribution < -0.4 is 10.6 Å². The minimum atomic E-state index is -0.177. The molecular weight excluding hydrogens is 218 g/mol. The molecule has 1 aromatic heterocycles. The first-order chi connectivity index (χ1) is 8.08. The second-order valence-corrected chi connectivity index (χ2v) is 4.99. The van der Waals surface area contributed by atoms with Crippen LogP contribution in [-0.2, 0) is 0 Å². The molecule has 0 radical (unpaired) electrons. The first-order valence-corrected chi connectivity index (χ1v) is 6.10. The predicted octanol–water partition coefficient (Wildman–Crippen LogP) is 0.477. The Morgan fingerprint density at radius 2 is 1.88 bits per heavy atom. The van der Waals surface area contributed by atoms with Crippen molar-refractivity contribution in [2.45, 2.75) is 19.9 Å². The molecule has 96 valence electrons. The monoisotopic (exact) mass is 239 g/mol. The number of likely N-dealkylation sites (N-methyl/N-ethyl adjacent to an activating group) is 1. The molecule has 1 atom stereocenters. The number of anilines is 1. The van der Waals surface area contributed by atoms with E-state index in [1.807, 2.05) is 13.8 Å². The number of hydrogen-bond donors (Lipinski definition) is 1. The normalized spacial score (nSPS) is 19.9. The van der Waals surface area contributed by atoms with Gasteiger partial charge in [0.15, 0.2) is 0 Å². The molecule has 6 heteroatoms. The molecule has 1 saturated heterocycles. The van der Waals surface area contributed by atoms with E-state index in [-0.39, 0.29) is 6.04 Å². The van der Waals surface area contributed by atoms with Crippen LogP contribution >= 0.6 is 0 Å². The molecule has 0 aromatic carbocycles. The second-order valence-electron chi connectivity index (χ2n) is 4.99.